The maximum absolute atomic E-state index is 3.15. The first-order valence-electron chi connectivity index (χ1n) is 4.40. The van der Waals surface area contributed by atoms with E-state index in [1.54, 1.807) is 0 Å². The first-order valence-corrected chi connectivity index (χ1v) is 4.40. The van der Waals surface area contributed by atoms with Crippen LogP contribution in [-0.2, 0) is 0 Å². The van der Waals surface area contributed by atoms with Gasteiger partial charge in [0.15, 0.2) is 0 Å². The summed E-state index contributed by atoms with van der Waals surface area (Å²) in [5.41, 5.74) is 3.02. The Bertz CT molecular complexity index is 299. The number of hydrogen-bond acceptors (Lipinski definition) is 1. The standard InChI is InChI=1S/C11H13N/c1-12-8-7-10-5-3-2-4-6-11(10)9-12/h3,5H,6-9H2,1H3. The molecule has 0 amide bonds. The summed E-state index contributed by atoms with van der Waals surface area (Å²) in [5, 5.41) is 0. The fourth-order valence-electron chi connectivity index (χ4n) is 1.72. The molecule has 1 heterocycles. The zero-order valence-electron chi connectivity index (χ0n) is 7.43. The van der Waals surface area contributed by atoms with Gasteiger partial charge in [0.1, 0.15) is 0 Å². The summed E-state index contributed by atoms with van der Waals surface area (Å²) in [5.74, 6) is 6.17. The van der Waals surface area contributed by atoms with Crippen molar-refractivity contribution in [2.45, 2.75) is 12.8 Å². The van der Waals surface area contributed by atoms with Crippen molar-refractivity contribution >= 4 is 0 Å². The van der Waals surface area contributed by atoms with Gasteiger partial charge in [-0.15, -0.1) is 0 Å². The predicted octanol–water partition coefficient (Wildman–Crippen LogP) is 1.58. The minimum absolute atomic E-state index is 0.965. The SMILES string of the molecule is CN1CCC2=C(CC#CC=C2)C1. The van der Waals surface area contributed by atoms with Gasteiger partial charge in [0.05, 0.1) is 0 Å². The van der Waals surface area contributed by atoms with Crippen molar-refractivity contribution in [3.05, 3.63) is 23.3 Å². The molecule has 0 aromatic heterocycles. The van der Waals surface area contributed by atoms with E-state index < -0.39 is 0 Å². The van der Waals surface area contributed by atoms with E-state index in [9.17, 15) is 0 Å². The second-order valence-electron chi connectivity index (χ2n) is 3.45. The van der Waals surface area contributed by atoms with Crippen LogP contribution in [0.3, 0.4) is 0 Å². The lowest BCUT2D eigenvalue weighted by Gasteiger charge is -2.25. The van der Waals surface area contributed by atoms with Crippen LogP contribution in [0.15, 0.2) is 23.3 Å². The van der Waals surface area contributed by atoms with Gasteiger partial charge in [-0.3, -0.25) is 0 Å². The fraction of sp³-hybridized carbons (Fsp3) is 0.455. The lowest BCUT2D eigenvalue weighted by molar-refractivity contribution is 0.348. The molecule has 0 fully saturated rings. The molecule has 0 atom stereocenters. The van der Waals surface area contributed by atoms with Crippen molar-refractivity contribution in [3.8, 4) is 11.8 Å². The summed E-state index contributed by atoms with van der Waals surface area (Å²) in [6.45, 7) is 2.29. The number of rotatable bonds is 0. The molecule has 1 aliphatic carbocycles. The largest absolute Gasteiger partial charge is 0.302 e. The molecule has 1 nitrogen and oxygen atoms in total. The van der Waals surface area contributed by atoms with Crippen molar-refractivity contribution in [1.29, 1.82) is 0 Å². The number of allylic oxidation sites excluding steroid dienone is 2. The molecule has 0 saturated heterocycles. The maximum atomic E-state index is 3.15. The highest BCUT2D eigenvalue weighted by molar-refractivity contribution is 5.38. The van der Waals surface area contributed by atoms with Crippen LogP contribution in [0.5, 0.6) is 0 Å². The van der Waals surface area contributed by atoms with Crippen LogP contribution in [-0.4, -0.2) is 25.0 Å². The molecule has 0 spiro atoms. The van der Waals surface area contributed by atoms with E-state index in [4.69, 9.17) is 0 Å². The van der Waals surface area contributed by atoms with Crippen molar-refractivity contribution in [2.75, 3.05) is 20.1 Å². The number of hydrogen-bond donors (Lipinski definition) is 0. The summed E-state index contributed by atoms with van der Waals surface area (Å²) < 4.78 is 0. The van der Waals surface area contributed by atoms with Gasteiger partial charge < -0.3 is 4.90 Å². The molecule has 0 bridgehead atoms. The molecule has 0 saturated carbocycles. The Hall–Kier alpha value is -1.00. The third-order valence-electron chi connectivity index (χ3n) is 2.45. The van der Waals surface area contributed by atoms with Crippen LogP contribution in [0.4, 0.5) is 0 Å². The fourth-order valence-corrected chi connectivity index (χ4v) is 1.72. The van der Waals surface area contributed by atoms with Crippen LogP contribution in [0.2, 0.25) is 0 Å². The summed E-state index contributed by atoms with van der Waals surface area (Å²) in [4.78, 5) is 2.36. The molecule has 0 unspecified atom stereocenters. The minimum atomic E-state index is 0.965. The summed E-state index contributed by atoms with van der Waals surface area (Å²) in [6, 6.07) is 0. The molecule has 0 N–H and O–H groups in total. The van der Waals surface area contributed by atoms with E-state index in [0.717, 1.165) is 13.0 Å². The number of likely N-dealkylation sites (N-methyl/N-ethyl adjacent to an activating group) is 1. The molecule has 62 valence electrons. The molecular weight excluding hydrogens is 146 g/mol. The van der Waals surface area contributed by atoms with Crippen molar-refractivity contribution in [1.82, 2.24) is 4.90 Å². The maximum Gasteiger partial charge on any atom is 0.0321 e. The highest BCUT2D eigenvalue weighted by atomic mass is 15.1. The molecular formula is C11H13N. The first kappa shape index (κ1) is 7.64. The first-order chi connectivity index (χ1) is 5.86. The van der Waals surface area contributed by atoms with Gasteiger partial charge in [-0.1, -0.05) is 17.9 Å². The van der Waals surface area contributed by atoms with Crippen LogP contribution in [0.1, 0.15) is 12.8 Å². The highest BCUT2D eigenvalue weighted by Gasteiger charge is 2.13. The van der Waals surface area contributed by atoms with E-state index in [0.29, 0.717) is 0 Å². The van der Waals surface area contributed by atoms with Gasteiger partial charge in [-0.2, -0.15) is 0 Å². The zero-order chi connectivity index (χ0) is 8.39. The third kappa shape index (κ3) is 1.44. The third-order valence-corrected chi connectivity index (χ3v) is 2.45. The Morgan fingerprint density at radius 2 is 2.42 bits per heavy atom. The Kier molecular flexibility index (Phi) is 2.01. The van der Waals surface area contributed by atoms with Gasteiger partial charge >= 0.3 is 0 Å². The molecule has 2 aliphatic rings. The molecule has 0 radical (unpaired) electrons. The smallest absolute Gasteiger partial charge is 0.0321 e. The zero-order valence-corrected chi connectivity index (χ0v) is 7.43. The monoisotopic (exact) mass is 159 g/mol. The lowest BCUT2D eigenvalue weighted by atomic mass is 9.99. The van der Waals surface area contributed by atoms with Gasteiger partial charge in [0.25, 0.3) is 0 Å². The van der Waals surface area contributed by atoms with Crippen molar-refractivity contribution in [3.63, 3.8) is 0 Å². The van der Waals surface area contributed by atoms with E-state index in [2.05, 4.69) is 29.9 Å². The van der Waals surface area contributed by atoms with E-state index in [1.807, 2.05) is 6.08 Å². The summed E-state index contributed by atoms with van der Waals surface area (Å²) in [7, 11) is 2.17. The van der Waals surface area contributed by atoms with Gasteiger partial charge in [0.2, 0.25) is 0 Å². The van der Waals surface area contributed by atoms with Gasteiger partial charge in [-0.25, -0.2) is 0 Å². The minimum Gasteiger partial charge on any atom is -0.302 e. The van der Waals surface area contributed by atoms with E-state index >= 15 is 0 Å². The Balaban J connectivity index is 2.25. The Labute approximate surface area is 73.8 Å². The lowest BCUT2D eigenvalue weighted by Crippen LogP contribution is -2.27. The second-order valence-corrected chi connectivity index (χ2v) is 3.45. The van der Waals surface area contributed by atoms with Gasteiger partial charge in [0, 0.05) is 19.5 Å². The molecule has 1 aliphatic heterocycles. The van der Waals surface area contributed by atoms with Crippen molar-refractivity contribution in [2.24, 2.45) is 0 Å². The quantitative estimate of drug-likeness (QED) is 0.485. The summed E-state index contributed by atoms with van der Waals surface area (Å²) >= 11 is 0. The average Bonchev–Trinajstić information content (AvgIpc) is 2.28. The van der Waals surface area contributed by atoms with Crippen LogP contribution < -0.4 is 0 Å². The molecule has 0 aromatic carbocycles. The normalized spacial score (nSPS) is 22.8. The Morgan fingerprint density at radius 3 is 3.33 bits per heavy atom. The Morgan fingerprint density at radius 1 is 1.50 bits per heavy atom. The topological polar surface area (TPSA) is 3.24 Å². The van der Waals surface area contributed by atoms with E-state index in [-0.39, 0.29) is 0 Å². The molecule has 2 rings (SSSR count). The van der Waals surface area contributed by atoms with E-state index in [1.165, 1.54) is 24.1 Å². The molecule has 1 heteroatoms. The molecule has 12 heavy (non-hydrogen) atoms. The van der Waals surface area contributed by atoms with Gasteiger partial charge in [-0.05, 0) is 30.7 Å². The van der Waals surface area contributed by atoms with Crippen molar-refractivity contribution < 1.29 is 0 Å². The predicted molar refractivity (Wildman–Crippen MR) is 50.7 cm³/mol. The molecule has 0 aromatic rings. The highest BCUT2D eigenvalue weighted by Crippen LogP contribution is 2.21. The average molecular weight is 159 g/mol. The number of nitrogens with zero attached hydrogens (tertiary/aromatic N) is 1. The summed E-state index contributed by atoms with van der Waals surface area (Å²) in [6.07, 6.45) is 6.31. The van der Waals surface area contributed by atoms with Crippen LogP contribution in [0.25, 0.3) is 0 Å². The second kappa shape index (κ2) is 3.16. The van der Waals surface area contributed by atoms with Crippen LogP contribution >= 0.6 is 0 Å². The van der Waals surface area contributed by atoms with Crippen LogP contribution in [0, 0.1) is 11.8 Å².